The van der Waals surface area contributed by atoms with Crippen molar-refractivity contribution in [3.05, 3.63) is 289 Å². The van der Waals surface area contributed by atoms with Crippen molar-refractivity contribution < 1.29 is 114 Å². The lowest BCUT2D eigenvalue weighted by Gasteiger charge is -2.19. The molecule has 0 atom stereocenters. The average molecular weight is 1770 g/mol. The second-order valence-electron chi connectivity index (χ2n) is 30.4. The molecule has 0 heterocycles. The van der Waals surface area contributed by atoms with Crippen molar-refractivity contribution in [2.45, 2.75) is 168 Å². The van der Waals surface area contributed by atoms with Crippen molar-refractivity contribution in [3.63, 3.8) is 0 Å². The summed E-state index contributed by atoms with van der Waals surface area (Å²) in [7, 11) is 0. The molecule has 0 bridgehead atoms. The highest BCUT2D eigenvalue weighted by Crippen LogP contribution is 2.44. The van der Waals surface area contributed by atoms with E-state index < -0.39 is 59.7 Å². The Hall–Kier alpha value is -14.2. The Labute approximate surface area is 759 Å². The van der Waals surface area contributed by atoms with Crippen LogP contribution in [0.2, 0.25) is 0 Å². The summed E-state index contributed by atoms with van der Waals surface area (Å²) < 4.78 is 81.5. The van der Waals surface area contributed by atoms with Gasteiger partial charge in [-0.3, -0.25) is 0 Å². The number of hydrogen-bond acceptors (Lipinski definition) is 24. The monoisotopic (exact) mass is 1770 g/mol. The van der Waals surface area contributed by atoms with E-state index in [9.17, 15) is 38.4 Å². The summed E-state index contributed by atoms with van der Waals surface area (Å²) in [4.78, 5) is 134. The normalized spacial score (nSPS) is 10.7. The van der Waals surface area contributed by atoms with Gasteiger partial charge in [-0.05, 0) is 296 Å². The molecular formula is C106H114O24. The molecule has 9 aromatic carbocycles. The summed E-state index contributed by atoms with van der Waals surface area (Å²) >= 11 is 0. The zero-order valence-electron chi connectivity index (χ0n) is 74.0. The van der Waals surface area contributed by atoms with E-state index in [1.165, 1.54) is 84.9 Å². The first-order valence-corrected chi connectivity index (χ1v) is 44.4. The summed E-state index contributed by atoms with van der Waals surface area (Å²) in [5.74, 6) is -6.38. The third-order valence-electron chi connectivity index (χ3n) is 20.6. The fourth-order valence-corrected chi connectivity index (χ4v) is 13.3. The molecule has 24 nitrogen and oxygen atoms in total. The van der Waals surface area contributed by atoms with Crippen LogP contribution in [0.5, 0.6) is 57.5 Å². The van der Waals surface area contributed by atoms with E-state index in [0.29, 0.717) is 112 Å². The van der Waals surface area contributed by atoms with Crippen molar-refractivity contribution in [1.82, 2.24) is 0 Å². The van der Waals surface area contributed by atoms with Crippen molar-refractivity contribution in [2.75, 3.05) is 52.9 Å². The van der Waals surface area contributed by atoms with E-state index in [1.807, 2.05) is 48.5 Å². The number of esters is 10. The third kappa shape index (κ3) is 34.2. The summed E-state index contributed by atoms with van der Waals surface area (Å²) in [5, 5.41) is 0. The zero-order valence-corrected chi connectivity index (χ0v) is 74.0. The van der Waals surface area contributed by atoms with E-state index in [4.69, 9.17) is 66.3 Å². The van der Waals surface area contributed by atoms with Crippen molar-refractivity contribution in [3.8, 4) is 79.7 Å². The summed E-state index contributed by atoms with van der Waals surface area (Å²) in [6.45, 7) is 20.6. The van der Waals surface area contributed by atoms with Gasteiger partial charge in [-0.15, -0.1) is 0 Å². The van der Waals surface area contributed by atoms with Gasteiger partial charge in [0.15, 0.2) is 0 Å². The van der Waals surface area contributed by atoms with Crippen molar-refractivity contribution in [2.24, 2.45) is 0 Å². The van der Waals surface area contributed by atoms with Gasteiger partial charge in [-0.2, -0.15) is 0 Å². The van der Waals surface area contributed by atoms with Gasteiger partial charge < -0.3 is 66.3 Å². The molecule has 0 spiro atoms. The minimum Gasteiger partial charge on any atom is -0.494 e. The lowest BCUT2D eigenvalue weighted by molar-refractivity contribution is -0.138. The molecule has 0 amide bonds. The number of ether oxygens (including phenoxy) is 14. The fraction of sp³-hybridized carbons (Fsp3) is 0.321. The first kappa shape index (κ1) is 99.6. The quantitative estimate of drug-likeness (QED) is 0.0112. The molecule has 0 aliphatic heterocycles. The van der Waals surface area contributed by atoms with E-state index in [0.717, 1.165) is 151 Å². The van der Waals surface area contributed by atoms with Crippen LogP contribution < -0.4 is 47.4 Å². The van der Waals surface area contributed by atoms with Crippen LogP contribution in [-0.4, -0.2) is 113 Å². The summed E-state index contributed by atoms with van der Waals surface area (Å²) in [6, 6.07) is 51.2. The minimum atomic E-state index is -1.08. The SMILES string of the molecule is C=CC(=O)OCCCCCCOc1ccc(C(=O)Oc2ccc(OC(=O)c3ccc(OCCCCCCOC(=O)C=C)cc3)c(C(=O)Oc3cc(-c4ccc(CCCCC)cc4)c(OC(=O)c4cc(OC(=O)c5ccc(OCCCCCCOC(=O)C=C)cc5)ccc4OC(=O)c4ccc(OCCCCCCOC(=O)C=C)cc4)cc3-c3ccc(CCCCC)cc3)c2)cc1. The second kappa shape index (κ2) is 55.4. The lowest BCUT2D eigenvalue weighted by Crippen LogP contribution is -2.17. The molecule has 0 radical (unpaired) electrons. The number of benzene rings is 9. The Kier molecular flexibility index (Phi) is 42.5. The van der Waals surface area contributed by atoms with Gasteiger partial charge in [0, 0.05) is 35.4 Å². The molecule has 24 heteroatoms. The van der Waals surface area contributed by atoms with Gasteiger partial charge >= 0.3 is 59.7 Å². The number of unbranched alkanes of at least 4 members (excludes halogenated alkanes) is 16. The molecule has 130 heavy (non-hydrogen) atoms. The molecule has 0 N–H and O–H groups in total. The van der Waals surface area contributed by atoms with Gasteiger partial charge in [0.25, 0.3) is 0 Å². The molecule has 0 aromatic heterocycles. The van der Waals surface area contributed by atoms with Gasteiger partial charge in [0.2, 0.25) is 0 Å². The summed E-state index contributed by atoms with van der Waals surface area (Å²) in [6.07, 6.45) is 24.0. The van der Waals surface area contributed by atoms with Crippen LogP contribution in [-0.2, 0) is 51.0 Å². The number of aryl methyl sites for hydroxylation is 2. The van der Waals surface area contributed by atoms with Crippen LogP contribution in [0.3, 0.4) is 0 Å². The van der Waals surface area contributed by atoms with E-state index >= 15 is 9.59 Å². The van der Waals surface area contributed by atoms with Crippen LogP contribution in [0, 0.1) is 0 Å². The molecule has 0 aliphatic rings. The van der Waals surface area contributed by atoms with Gasteiger partial charge in [-0.1, -0.05) is 114 Å². The van der Waals surface area contributed by atoms with Gasteiger partial charge in [0.1, 0.15) is 68.6 Å². The van der Waals surface area contributed by atoms with Crippen LogP contribution in [0.15, 0.2) is 245 Å². The molecule has 0 saturated heterocycles. The fourth-order valence-electron chi connectivity index (χ4n) is 13.3. The molecule has 0 aliphatic carbocycles. The maximum absolute atomic E-state index is 15.7. The van der Waals surface area contributed by atoms with E-state index in [1.54, 1.807) is 60.7 Å². The van der Waals surface area contributed by atoms with Gasteiger partial charge in [0.05, 0.1) is 75.1 Å². The Balaban J connectivity index is 1.05. The van der Waals surface area contributed by atoms with Crippen LogP contribution in [0.4, 0.5) is 0 Å². The number of carbonyl (C=O) groups excluding carboxylic acids is 10. The molecule has 0 saturated carbocycles. The number of carbonyl (C=O) groups is 10. The number of hydrogen-bond donors (Lipinski definition) is 0. The first-order chi connectivity index (χ1) is 63.3. The number of rotatable bonds is 58. The topological polar surface area (TPSA) is 300 Å². The minimum absolute atomic E-state index is 0.0682. The van der Waals surface area contributed by atoms with E-state index in [2.05, 4.69) is 40.2 Å². The maximum Gasteiger partial charge on any atom is 0.347 e. The zero-order chi connectivity index (χ0) is 92.5. The van der Waals surface area contributed by atoms with Crippen LogP contribution >= 0.6 is 0 Å². The first-order valence-electron chi connectivity index (χ1n) is 44.4. The van der Waals surface area contributed by atoms with Gasteiger partial charge in [-0.25, -0.2) is 47.9 Å². The molecular weight excluding hydrogens is 1660 g/mol. The molecule has 0 unspecified atom stereocenters. The highest BCUT2D eigenvalue weighted by molar-refractivity contribution is 6.02. The maximum atomic E-state index is 15.7. The molecule has 682 valence electrons. The lowest BCUT2D eigenvalue weighted by atomic mass is 9.95. The van der Waals surface area contributed by atoms with Crippen molar-refractivity contribution >= 4 is 59.7 Å². The largest absolute Gasteiger partial charge is 0.494 e. The van der Waals surface area contributed by atoms with E-state index in [-0.39, 0.29) is 92.2 Å². The standard InChI is InChI=1S/C106H114O24/c1-7-13-23-33-75-35-39-77(40-36-75)89-73-96(130-106(116)92-72-88(126-102(112)80-45-53-84(54-46-80)118-64-26-16-20-30-68-122-98(108)10-4)60-62-94(92)128-104(114)82-49-57-86(58-50-82)120-66-28-18-22-32-70-124-100(110)12-6)90(78-41-37-76(38-42-78)34-24-14-8-2)74-95(89)129-105(115)91-71-87(125-101(111)79-43-51-83(52-44-79)117-63-25-15-19-29-67-121-97(107)9-3)59-61-93(91)127-103(113)81-47-55-85(56-48-81)119-65-27-17-21-31-69-123-99(109)11-5/h9-12,35-62,71-74H,3-8,13-34,63-70H2,1-2H3. The highest BCUT2D eigenvalue weighted by atomic mass is 16.6. The Bertz CT molecular complexity index is 4900. The average Bonchev–Trinajstić information content (AvgIpc) is 0.773. The Morgan fingerprint density at radius 3 is 0.746 bits per heavy atom. The second-order valence-corrected chi connectivity index (χ2v) is 30.4. The Morgan fingerprint density at radius 1 is 0.238 bits per heavy atom. The van der Waals surface area contributed by atoms with Crippen LogP contribution in [0.1, 0.15) is 228 Å². The van der Waals surface area contributed by atoms with Crippen LogP contribution in [0.25, 0.3) is 22.3 Å². The predicted octanol–water partition coefficient (Wildman–Crippen LogP) is 22.5. The molecule has 0 fully saturated rings. The Morgan fingerprint density at radius 2 is 0.485 bits per heavy atom. The highest BCUT2D eigenvalue weighted by Gasteiger charge is 2.28. The smallest absolute Gasteiger partial charge is 0.347 e. The summed E-state index contributed by atoms with van der Waals surface area (Å²) in [5.41, 5.74) is 3.24. The van der Waals surface area contributed by atoms with Crippen molar-refractivity contribution in [1.29, 1.82) is 0 Å². The molecule has 9 rings (SSSR count). The predicted molar refractivity (Wildman–Crippen MR) is 493 cm³/mol. The molecule has 9 aromatic rings. The third-order valence-corrected chi connectivity index (χ3v) is 20.6.